The minimum absolute atomic E-state index is 0.313. The lowest BCUT2D eigenvalue weighted by Gasteiger charge is -2.32. The van der Waals surface area contributed by atoms with Crippen LogP contribution in [0.4, 0.5) is 4.39 Å². The molecule has 1 aromatic heterocycles. The van der Waals surface area contributed by atoms with Crippen LogP contribution in [0.1, 0.15) is 24.3 Å². The quantitative estimate of drug-likeness (QED) is 0.543. The molecular weight excluding hydrogens is 383 g/mol. The molecule has 1 fully saturated rings. The van der Waals surface area contributed by atoms with Crippen LogP contribution in [0.15, 0.2) is 52.9 Å². The maximum absolute atomic E-state index is 13.8. The van der Waals surface area contributed by atoms with E-state index in [1.165, 1.54) is 6.07 Å². The number of likely N-dealkylation sites (tertiary alicyclic amines) is 1. The summed E-state index contributed by atoms with van der Waals surface area (Å²) in [7, 11) is 1.65. The number of aryl methyl sites for hydroxylation is 1. The molecule has 1 aliphatic rings. The van der Waals surface area contributed by atoms with Crippen molar-refractivity contribution in [1.29, 1.82) is 0 Å². The highest BCUT2D eigenvalue weighted by Crippen LogP contribution is 2.31. The fourth-order valence-electron chi connectivity index (χ4n) is 3.92. The summed E-state index contributed by atoms with van der Waals surface area (Å²) >= 11 is 0. The lowest BCUT2D eigenvalue weighted by molar-refractivity contribution is 0.122. The molecule has 2 aromatic carbocycles. The van der Waals surface area contributed by atoms with Gasteiger partial charge in [-0.2, -0.15) is 0 Å². The molecular formula is C24H27FN2O3. The van der Waals surface area contributed by atoms with Crippen LogP contribution in [0.3, 0.4) is 0 Å². The molecule has 2 heterocycles. The maximum Gasteiger partial charge on any atom is 0.230 e. The molecule has 4 rings (SSSR count). The van der Waals surface area contributed by atoms with E-state index in [9.17, 15) is 4.39 Å². The highest BCUT2D eigenvalue weighted by atomic mass is 19.1. The summed E-state index contributed by atoms with van der Waals surface area (Å²) in [5, 5.41) is 0. The number of aromatic nitrogens is 1. The van der Waals surface area contributed by atoms with Gasteiger partial charge >= 0.3 is 0 Å². The van der Waals surface area contributed by atoms with Crippen LogP contribution < -0.4 is 9.47 Å². The van der Waals surface area contributed by atoms with Gasteiger partial charge in [-0.3, -0.25) is 4.90 Å². The van der Waals surface area contributed by atoms with Crippen LogP contribution in [0.5, 0.6) is 11.5 Å². The first-order valence-corrected chi connectivity index (χ1v) is 10.3. The predicted octanol–water partition coefficient (Wildman–Crippen LogP) is 5.09. The van der Waals surface area contributed by atoms with Gasteiger partial charge in [0.2, 0.25) is 5.89 Å². The zero-order valence-electron chi connectivity index (χ0n) is 17.4. The first-order valence-electron chi connectivity index (χ1n) is 10.3. The highest BCUT2D eigenvalue weighted by molar-refractivity contribution is 5.62. The largest absolute Gasteiger partial charge is 0.496 e. The van der Waals surface area contributed by atoms with Crippen molar-refractivity contribution in [1.82, 2.24) is 9.88 Å². The number of nitrogens with zero attached hydrogens (tertiary/aromatic N) is 2. The molecule has 0 unspecified atom stereocenters. The van der Waals surface area contributed by atoms with E-state index < -0.39 is 0 Å². The molecule has 1 aliphatic heterocycles. The zero-order valence-corrected chi connectivity index (χ0v) is 17.4. The van der Waals surface area contributed by atoms with Crippen molar-refractivity contribution in [2.24, 2.45) is 5.92 Å². The Morgan fingerprint density at radius 1 is 1.13 bits per heavy atom. The van der Waals surface area contributed by atoms with Crippen molar-refractivity contribution in [3.63, 3.8) is 0 Å². The number of ether oxygens (including phenoxy) is 2. The van der Waals surface area contributed by atoms with Crippen LogP contribution in [-0.4, -0.2) is 36.7 Å². The Hall–Kier alpha value is -2.86. The van der Waals surface area contributed by atoms with E-state index in [2.05, 4.69) is 4.90 Å². The number of hydrogen-bond donors (Lipinski definition) is 0. The molecule has 3 aromatic rings. The lowest BCUT2D eigenvalue weighted by atomic mass is 9.99. The van der Waals surface area contributed by atoms with Crippen LogP contribution in [0.2, 0.25) is 0 Å². The number of rotatable bonds is 7. The lowest BCUT2D eigenvalue weighted by Crippen LogP contribution is -2.37. The normalized spacial score (nSPS) is 17.1. The second-order valence-corrected chi connectivity index (χ2v) is 7.71. The topological polar surface area (TPSA) is 47.7 Å². The first-order chi connectivity index (χ1) is 14.6. The van der Waals surface area contributed by atoms with Crippen LogP contribution >= 0.6 is 0 Å². The van der Waals surface area contributed by atoms with Gasteiger partial charge in [-0.15, -0.1) is 0 Å². The van der Waals surface area contributed by atoms with Gasteiger partial charge in [-0.1, -0.05) is 24.3 Å². The Kier molecular flexibility index (Phi) is 6.33. The van der Waals surface area contributed by atoms with Gasteiger partial charge in [0.05, 0.1) is 25.0 Å². The molecule has 0 bridgehead atoms. The fourth-order valence-corrected chi connectivity index (χ4v) is 3.92. The third-order valence-corrected chi connectivity index (χ3v) is 5.52. The summed E-state index contributed by atoms with van der Waals surface area (Å²) < 4.78 is 30.9. The number of oxazole rings is 1. The van der Waals surface area contributed by atoms with Gasteiger partial charge in [0.15, 0.2) is 11.6 Å². The Balaban J connectivity index is 1.39. The standard InChI is InChI=1S/C24H27FN2O3/c1-17-21(26-24(30-17)19-9-3-5-11-22(19)28-2)15-27-13-7-8-18(14-27)16-29-23-12-6-4-10-20(23)25/h3-6,9-12,18H,7-8,13-16H2,1-2H3/t18-/m0/s1. The summed E-state index contributed by atoms with van der Waals surface area (Å²) in [6, 6.07) is 14.3. The second kappa shape index (κ2) is 9.30. The Bertz CT molecular complexity index is 988. The summed E-state index contributed by atoms with van der Waals surface area (Å²) in [6.07, 6.45) is 2.16. The van der Waals surface area contributed by atoms with Crippen LogP contribution in [-0.2, 0) is 6.54 Å². The molecule has 1 saturated heterocycles. The summed E-state index contributed by atoms with van der Waals surface area (Å²) in [6.45, 7) is 5.09. The molecule has 0 radical (unpaired) electrons. The molecule has 30 heavy (non-hydrogen) atoms. The highest BCUT2D eigenvalue weighted by Gasteiger charge is 2.23. The second-order valence-electron chi connectivity index (χ2n) is 7.71. The number of piperidine rings is 1. The molecule has 0 amide bonds. The van der Waals surface area contributed by atoms with Crippen molar-refractivity contribution in [3.8, 4) is 23.0 Å². The third-order valence-electron chi connectivity index (χ3n) is 5.52. The van der Waals surface area contributed by atoms with Gasteiger partial charge in [0, 0.05) is 19.0 Å². The van der Waals surface area contributed by atoms with Gasteiger partial charge < -0.3 is 13.9 Å². The first kappa shape index (κ1) is 20.4. The van der Waals surface area contributed by atoms with Gasteiger partial charge in [0.25, 0.3) is 0 Å². The number of para-hydroxylation sites is 2. The molecule has 0 N–H and O–H groups in total. The monoisotopic (exact) mass is 410 g/mol. The fraction of sp³-hybridized carbons (Fsp3) is 0.375. The predicted molar refractivity (Wildman–Crippen MR) is 113 cm³/mol. The summed E-state index contributed by atoms with van der Waals surface area (Å²) in [5.41, 5.74) is 1.79. The van der Waals surface area contributed by atoms with E-state index >= 15 is 0 Å². The molecule has 1 atom stereocenters. The number of methoxy groups -OCH3 is 1. The smallest absolute Gasteiger partial charge is 0.230 e. The molecule has 6 heteroatoms. The minimum atomic E-state index is -0.313. The Morgan fingerprint density at radius 2 is 1.90 bits per heavy atom. The molecule has 158 valence electrons. The summed E-state index contributed by atoms with van der Waals surface area (Å²) in [5.74, 6) is 2.51. The van der Waals surface area contributed by atoms with E-state index in [-0.39, 0.29) is 5.82 Å². The maximum atomic E-state index is 13.8. The number of benzene rings is 2. The zero-order chi connectivity index (χ0) is 20.9. The molecule has 0 spiro atoms. The van der Waals surface area contributed by atoms with Gasteiger partial charge in [-0.05, 0) is 50.6 Å². The average Bonchev–Trinajstić information content (AvgIpc) is 3.13. The van der Waals surface area contributed by atoms with Crippen molar-refractivity contribution < 1.29 is 18.3 Å². The Morgan fingerprint density at radius 3 is 2.70 bits per heavy atom. The van der Waals surface area contributed by atoms with Crippen LogP contribution in [0.25, 0.3) is 11.5 Å². The van der Waals surface area contributed by atoms with E-state index in [1.54, 1.807) is 25.3 Å². The van der Waals surface area contributed by atoms with Gasteiger partial charge in [-0.25, -0.2) is 9.37 Å². The van der Waals surface area contributed by atoms with E-state index in [1.807, 2.05) is 31.2 Å². The van der Waals surface area contributed by atoms with Gasteiger partial charge in [0.1, 0.15) is 11.5 Å². The average molecular weight is 410 g/mol. The molecule has 0 saturated carbocycles. The van der Waals surface area contributed by atoms with Crippen LogP contribution in [0, 0.1) is 18.7 Å². The van der Waals surface area contributed by atoms with Crippen molar-refractivity contribution in [2.75, 3.05) is 26.8 Å². The number of hydrogen-bond acceptors (Lipinski definition) is 5. The molecule has 0 aliphatic carbocycles. The van der Waals surface area contributed by atoms with Crippen molar-refractivity contribution >= 4 is 0 Å². The summed E-state index contributed by atoms with van der Waals surface area (Å²) in [4.78, 5) is 7.11. The van der Waals surface area contributed by atoms with Crippen molar-refractivity contribution in [3.05, 3.63) is 65.8 Å². The SMILES string of the molecule is COc1ccccc1-c1nc(CN2CCC[C@H](COc3ccccc3F)C2)c(C)o1. The third kappa shape index (κ3) is 4.65. The van der Waals surface area contributed by atoms with Crippen molar-refractivity contribution in [2.45, 2.75) is 26.3 Å². The Labute approximate surface area is 176 Å². The number of halogens is 1. The molecule has 5 nitrogen and oxygen atoms in total. The minimum Gasteiger partial charge on any atom is -0.496 e. The van der Waals surface area contributed by atoms with E-state index in [0.29, 0.717) is 24.2 Å². The van der Waals surface area contributed by atoms with E-state index in [4.69, 9.17) is 18.9 Å². The van der Waals surface area contributed by atoms with E-state index in [0.717, 1.165) is 55.2 Å².